The van der Waals surface area contributed by atoms with Gasteiger partial charge in [0.25, 0.3) is 0 Å². The number of carbonyl (C=O) groups is 1. The lowest BCUT2D eigenvalue weighted by atomic mass is 9.99. The van der Waals surface area contributed by atoms with Crippen LogP contribution in [0.5, 0.6) is 0 Å². The average molecular weight is 267 g/mol. The minimum Gasteiger partial charge on any atom is -0.343 e. The maximum atomic E-state index is 12.0. The molecular weight excluding hydrogens is 238 g/mol. The number of hydrogen-bond donors (Lipinski definition) is 1. The van der Waals surface area contributed by atoms with Gasteiger partial charge in [0.1, 0.15) is 0 Å². The fourth-order valence-electron chi connectivity index (χ4n) is 3.16. The minimum absolute atomic E-state index is 0.341. The maximum absolute atomic E-state index is 12.0. The number of piperidine rings is 2. The average Bonchev–Trinajstić information content (AvgIpc) is 2.43. The highest BCUT2D eigenvalue weighted by molar-refractivity contribution is 5.76. The molecule has 1 amide bonds. The summed E-state index contributed by atoms with van der Waals surface area (Å²) in [5.74, 6) is 0.341. The Hall–Kier alpha value is -0.610. The van der Waals surface area contributed by atoms with Crippen LogP contribution in [0.3, 0.4) is 0 Å². The number of carbonyl (C=O) groups excluding carboxylic acids is 1. The lowest BCUT2D eigenvalue weighted by Crippen LogP contribution is -2.46. The first-order chi connectivity index (χ1) is 9.16. The van der Waals surface area contributed by atoms with Gasteiger partial charge in [-0.2, -0.15) is 0 Å². The van der Waals surface area contributed by atoms with Crippen LogP contribution in [0.1, 0.15) is 45.4 Å². The van der Waals surface area contributed by atoms with Crippen molar-refractivity contribution in [2.75, 3.05) is 33.2 Å². The molecule has 2 heterocycles. The normalized spacial score (nSPS) is 29.5. The summed E-state index contributed by atoms with van der Waals surface area (Å²) in [5.41, 5.74) is 0. The van der Waals surface area contributed by atoms with Crippen LogP contribution in [0.15, 0.2) is 0 Å². The van der Waals surface area contributed by atoms with Crippen LogP contribution in [0, 0.1) is 0 Å². The SMILES string of the molecule is CC1CC(NCCC(=O)N2CCCCC2)CCN1C. The van der Waals surface area contributed by atoms with Crippen LogP contribution < -0.4 is 5.32 Å². The summed E-state index contributed by atoms with van der Waals surface area (Å²) in [5, 5.41) is 3.57. The Bertz CT molecular complexity index is 289. The van der Waals surface area contributed by atoms with E-state index in [2.05, 4.69) is 24.2 Å². The molecule has 0 aliphatic carbocycles. The lowest BCUT2D eigenvalue weighted by molar-refractivity contribution is -0.132. The smallest absolute Gasteiger partial charge is 0.223 e. The second-order valence-corrected chi connectivity index (χ2v) is 6.20. The molecule has 2 fully saturated rings. The number of hydrogen-bond acceptors (Lipinski definition) is 3. The molecule has 0 aromatic carbocycles. The predicted molar refractivity (Wildman–Crippen MR) is 78.2 cm³/mol. The van der Waals surface area contributed by atoms with Crippen molar-refractivity contribution < 1.29 is 4.79 Å². The molecule has 0 bridgehead atoms. The second-order valence-electron chi connectivity index (χ2n) is 6.20. The third-order valence-corrected chi connectivity index (χ3v) is 4.69. The van der Waals surface area contributed by atoms with Crippen LogP contribution in [0.2, 0.25) is 0 Å². The van der Waals surface area contributed by atoms with E-state index in [9.17, 15) is 4.79 Å². The quantitative estimate of drug-likeness (QED) is 0.837. The van der Waals surface area contributed by atoms with Gasteiger partial charge in [0, 0.05) is 38.1 Å². The molecular formula is C15H29N3O. The Balaban J connectivity index is 1.62. The summed E-state index contributed by atoms with van der Waals surface area (Å²) in [6, 6.07) is 1.25. The molecule has 4 heteroatoms. The van der Waals surface area contributed by atoms with Gasteiger partial charge < -0.3 is 15.1 Å². The van der Waals surface area contributed by atoms with E-state index >= 15 is 0 Å². The van der Waals surface area contributed by atoms with Crippen molar-refractivity contribution in [3.05, 3.63) is 0 Å². The highest BCUT2D eigenvalue weighted by Gasteiger charge is 2.22. The monoisotopic (exact) mass is 267 g/mol. The molecule has 2 atom stereocenters. The Morgan fingerprint density at radius 3 is 2.63 bits per heavy atom. The minimum atomic E-state index is 0.341. The molecule has 0 spiro atoms. The molecule has 2 aliphatic rings. The van der Waals surface area contributed by atoms with Crippen molar-refractivity contribution in [1.29, 1.82) is 0 Å². The van der Waals surface area contributed by atoms with E-state index in [1.54, 1.807) is 0 Å². The van der Waals surface area contributed by atoms with E-state index in [1.807, 2.05) is 4.90 Å². The number of rotatable bonds is 4. The molecule has 110 valence electrons. The molecule has 1 N–H and O–H groups in total. The largest absolute Gasteiger partial charge is 0.343 e. The third kappa shape index (κ3) is 4.46. The second kappa shape index (κ2) is 7.25. The standard InChI is InChI=1S/C15H29N3O/c1-13-12-14(7-11-17(13)2)16-8-6-15(19)18-9-4-3-5-10-18/h13-14,16H,3-12H2,1-2H3. The van der Waals surface area contributed by atoms with Crippen molar-refractivity contribution in [3.63, 3.8) is 0 Å². The number of amides is 1. The van der Waals surface area contributed by atoms with Crippen LogP contribution in [0.4, 0.5) is 0 Å². The predicted octanol–water partition coefficient (Wildman–Crippen LogP) is 1.46. The summed E-state index contributed by atoms with van der Waals surface area (Å²) >= 11 is 0. The Labute approximate surface area is 117 Å². The maximum Gasteiger partial charge on any atom is 0.223 e. The Kier molecular flexibility index (Phi) is 5.64. The Morgan fingerprint density at radius 1 is 1.21 bits per heavy atom. The van der Waals surface area contributed by atoms with Crippen molar-refractivity contribution in [2.24, 2.45) is 0 Å². The fourth-order valence-corrected chi connectivity index (χ4v) is 3.16. The van der Waals surface area contributed by atoms with Crippen LogP contribution in [0.25, 0.3) is 0 Å². The van der Waals surface area contributed by atoms with Crippen LogP contribution >= 0.6 is 0 Å². The molecule has 2 saturated heterocycles. The summed E-state index contributed by atoms with van der Waals surface area (Å²) in [7, 11) is 2.20. The topological polar surface area (TPSA) is 35.6 Å². The van der Waals surface area contributed by atoms with Crippen LogP contribution in [-0.2, 0) is 4.79 Å². The summed E-state index contributed by atoms with van der Waals surface area (Å²) in [6.45, 7) is 6.25. The Morgan fingerprint density at radius 2 is 1.95 bits per heavy atom. The van der Waals surface area contributed by atoms with Gasteiger partial charge in [-0.25, -0.2) is 0 Å². The molecule has 0 aromatic heterocycles. The molecule has 2 unspecified atom stereocenters. The zero-order valence-electron chi connectivity index (χ0n) is 12.5. The van der Waals surface area contributed by atoms with E-state index in [4.69, 9.17) is 0 Å². The molecule has 19 heavy (non-hydrogen) atoms. The van der Waals surface area contributed by atoms with Gasteiger partial charge in [0.15, 0.2) is 0 Å². The molecule has 2 aliphatic heterocycles. The first-order valence-electron chi connectivity index (χ1n) is 7.88. The van der Waals surface area contributed by atoms with E-state index in [-0.39, 0.29) is 0 Å². The highest BCUT2D eigenvalue weighted by Crippen LogP contribution is 2.15. The molecule has 2 rings (SSSR count). The van der Waals surface area contributed by atoms with E-state index in [0.29, 0.717) is 24.4 Å². The van der Waals surface area contributed by atoms with Crippen LogP contribution in [-0.4, -0.2) is 61.0 Å². The van der Waals surface area contributed by atoms with E-state index < -0.39 is 0 Å². The summed E-state index contributed by atoms with van der Waals surface area (Å²) in [6.07, 6.45) is 6.74. The van der Waals surface area contributed by atoms with Crippen molar-refractivity contribution >= 4 is 5.91 Å². The van der Waals surface area contributed by atoms with Gasteiger partial charge in [-0.1, -0.05) is 0 Å². The molecule has 0 saturated carbocycles. The molecule has 0 radical (unpaired) electrons. The van der Waals surface area contributed by atoms with Gasteiger partial charge >= 0.3 is 0 Å². The highest BCUT2D eigenvalue weighted by atomic mass is 16.2. The zero-order chi connectivity index (χ0) is 13.7. The zero-order valence-corrected chi connectivity index (χ0v) is 12.5. The first-order valence-corrected chi connectivity index (χ1v) is 7.88. The van der Waals surface area contributed by atoms with Crippen molar-refractivity contribution in [3.8, 4) is 0 Å². The van der Waals surface area contributed by atoms with Crippen molar-refractivity contribution in [1.82, 2.24) is 15.1 Å². The lowest BCUT2D eigenvalue weighted by Gasteiger charge is -2.35. The van der Waals surface area contributed by atoms with E-state index in [0.717, 1.165) is 19.6 Å². The molecule has 0 aromatic rings. The fraction of sp³-hybridized carbons (Fsp3) is 0.933. The van der Waals surface area contributed by atoms with Gasteiger partial charge in [-0.3, -0.25) is 4.79 Å². The van der Waals surface area contributed by atoms with Crippen molar-refractivity contribution in [2.45, 2.75) is 57.5 Å². The van der Waals surface area contributed by atoms with Gasteiger partial charge in [0.05, 0.1) is 0 Å². The van der Waals surface area contributed by atoms with Gasteiger partial charge in [-0.05, 0) is 52.6 Å². The molecule has 4 nitrogen and oxygen atoms in total. The number of nitrogens with one attached hydrogen (secondary N) is 1. The van der Waals surface area contributed by atoms with Gasteiger partial charge in [-0.15, -0.1) is 0 Å². The van der Waals surface area contributed by atoms with Gasteiger partial charge in [0.2, 0.25) is 5.91 Å². The summed E-state index contributed by atoms with van der Waals surface area (Å²) < 4.78 is 0. The summed E-state index contributed by atoms with van der Waals surface area (Å²) in [4.78, 5) is 16.5. The van der Waals surface area contributed by atoms with E-state index in [1.165, 1.54) is 38.6 Å². The third-order valence-electron chi connectivity index (χ3n) is 4.69. The number of nitrogens with zero attached hydrogens (tertiary/aromatic N) is 2. The number of likely N-dealkylation sites (tertiary alicyclic amines) is 2. The first kappa shape index (κ1) is 14.8.